The average Bonchev–Trinajstić information content (AvgIpc) is 3.37. The van der Waals surface area contributed by atoms with E-state index in [0.29, 0.717) is 61.8 Å². The van der Waals surface area contributed by atoms with Crippen molar-refractivity contribution in [2.75, 3.05) is 31.9 Å². The number of hydrogen-bond acceptors (Lipinski definition) is 8. The molecule has 1 amide bonds. The third-order valence-electron chi connectivity index (χ3n) is 6.63. The van der Waals surface area contributed by atoms with Gasteiger partial charge in [0, 0.05) is 50.0 Å². The number of benzene rings is 2. The molecule has 36 heavy (non-hydrogen) atoms. The maximum Gasteiger partial charge on any atom is 0.227 e. The lowest BCUT2D eigenvalue weighted by Gasteiger charge is -2.34. The van der Waals surface area contributed by atoms with Gasteiger partial charge in [-0.2, -0.15) is 4.98 Å². The highest BCUT2D eigenvalue weighted by Crippen LogP contribution is 2.21. The van der Waals surface area contributed by atoms with Gasteiger partial charge < -0.3 is 15.2 Å². The zero-order valence-electron chi connectivity index (χ0n) is 20.7. The zero-order chi connectivity index (χ0) is 25.1. The standard InChI is InChI=1S/C27H31N7O2/c1-18(2)19-7-9-20(10-8-19)27-31-24(36-32-27)11-12-25(35)34-15-13-33(14-16-34)17-23-29-22-6-4-3-5-21(22)26(28)30-23/h3-10,18H,11-17H2,1-2H3,(H2,28,29,30). The number of aromatic nitrogens is 4. The lowest BCUT2D eigenvalue weighted by molar-refractivity contribution is -0.133. The van der Waals surface area contributed by atoms with Crippen molar-refractivity contribution >= 4 is 22.6 Å². The van der Waals surface area contributed by atoms with Crippen LogP contribution in [0, 0.1) is 0 Å². The zero-order valence-corrected chi connectivity index (χ0v) is 20.7. The fourth-order valence-corrected chi connectivity index (χ4v) is 4.44. The van der Waals surface area contributed by atoms with Crippen LogP contribution in [0.1, 0.15) is 43.5 Å². The summed E-state index contributed by atoms with van der Waals surface area (Å²) in [6.45, 7) is 7.79. The second kappa shape index (κ2) is 10.4. The van der Waals surface area contributed by atoms with Crippen LogP contribution >= 0.6 is 0 Å². The number of fused-ring (bicyclic) bond motifs is 1. The van der Waals surface area contributed by atoms with Crippen molar-refractivity contribution in [1.29, 1.82) is 0 Å². The van der Waals surface area contributed by atoms with Gasteiger partial charge in [0.2, 0.25) is 17.6 Å². The van der Waals surface area contributed by atoms with E-state index in [9.17, 15) is 4.79 Å². The Morgan fingerprint density at radius 2 is 1.75 bits per heavy atom. The van der Waals surface area contributed by atoms with Crippen LogP contribution in [0.5, 0.6) is 0 Å². The maximum atomic E-state index is 12.8. The Morgan fingerprint density at radius 3 is 2.50 bits per heavy atom. The second-order valence-corrected chi connectivity index (χ2v) is 9.49. The highest BCUT2D eigenvalue weighted by atomic mass is 16.5. The summed E-state index contributed by atoms with van der Waals surface area (Å²) in [6, 6.07) is 15.9. The molecule has 2 N–H and O–H groups in total. The number of hydrogen-bond donors (Lipinski definition) is 1. The Hall–Kier alpha value is -3.85. The quantitative estimate of drug-likeness (QED) is 0.422. The summed E-state index contributed by atoms with van der Waals surface area (Å²) < 4.78 is 5.39. The summed E-state index contributed by atoms with van der Waals surface area (Å²) in [6.07, 6.45) is 0.776. The topological polar surface area (TPSA) is 114 Å². The first-order valence-electron chi connectivity index (χ1n) is 12.4. The van der Waals surface area contributed by atoms with Gasteiger partial charge in [-0.05, 0) is 23.6 Å². The van der Waals surface area contributed by atoms with Crippen LogP contribution < -0.4 is 5.73 Å². The highest BCUT2D eigenvalue weighted by molar-refractivity contribution is 5.87. The van der Waals surface area contributed by atoms with Crippen LogP contribution in [0.25, 0.3) is 22.3 Å². The molecule has 0 aliphatic carbocycles. The molecule has 4 aromatic rings. The van der Waals surface area contributed by atoms with Crippen LogP contribution in [0.4, 0.5) is 5.82 Å². The molecule has 1 fully saturated rings. The van der Waals surface area contributed by atoms with Gasteiger partial charge in [-0.3, -0.25) is 9.69 Å². The third-order valence-corrected chi connectivity index (χ3v) is 6.63. The number of amides is 1. The second-order valence-electron chi connectivity index (χ2n) is 9.49. The molecular weight excluding hydrogens is 454 g/mol. The van der Waals surface area contributed by atoms with E-state index in [1.165, 1.54) is 5.56 Å². The molecule has 1 aliphatic heterocycles. The van der Waals surface area contributed by atoms with Gasteiger partial charge in [0.15, 0.2) is 0 Å². The Balaban J connectivity index is 1.10. The smallest absolute Gasteiger partial charge is 0.227 e. The van der Waals surface area contributed by atoms with E-state index in [4.69, 9.17) is 10.3 Å². The van der Waals surface area contributed by atoms with Gasteiger partial charge in [-0.1, -0.05) is 55.4 Å². The van der Waals surface area contributed by atoms with Crippen LogP contribution in [0.3, 0.4) is 0 Å². The molecular formula is C27H31N7O2. The number of carbonyl (C=O) groups excluding carboxylic acids is 1. The lowest BCUT2D eigenvalue weighted by atomic mass is 10.0. The Morgan fingerprint density at radius 1 is 1.00 bits per heavy atom. The predicted octanol–water partition coefficient (Wildman–Crippen LogP) is 3.66. The Labute approximate surface area is 210 Å². The normalized spacial score (nSPS) is 14.6. The number of nitrogens with two attached hydrogens (primary N) is 1. The first-order chi connectivity index (χ1) is 17.5. The van der Waals surface area contributed by atoms with Gasteiger partial charge >= 0.3 is 0 Å². The molecule has 0 spiro atoms. The number of anilines is 1. The van der Waals surface area contributed by atoms with Crippen LogP contribution in [-0.2, 0) is 17.8 Å². The molecule has 2 aromatic carbocycles. The van der Waals surface area contributed by atoms with E-state index in [1.807, 2.05) is 41.3 Å². The molecule has 0 unspecified atom stereocenters. The number of para-hydroxylation sites is 1. The molecule has 1 aliphatic rings. The molecule has 0 atom stereocenters. The lowest BCUT2D eigenvalue weighted by Crippen LogP contribution is -2.48. The Kier molecular flexibility index (Phi) is 6.90. The number of carbonyl (C=O) groups is 1. The molecule has 0 bridgehead atoms. The summed E-state index contributed by atoms with van der Waals surface area (Å²) >= 11 is 0. The van der Waals surface area contributed by atoms with Crippen LogP contribution in [0.15, 0.2) is 53.1 Å². The number of nitrogen functional groups attached to an aromatic ring is 1. The summed E-state index contributed by atoms with van der Waals surface area (Å²) in [4.78, 5) is 30.5. The minimum Gasteiger partial charge on any atom is -0.383 e. The first kappa shape index (κ1) is 23.9. The van der Waals surface area contributed by atoms with Gasteiger partial charge in [0.1, 0.15) is 11.6 Å². The minimum atomic E-state index is 0.0990. The van der Waals surface area contributed by atoms with E-state index in [1.54, 1.807) is 0 Å². The van der Waals surface area contributed by atoms with E-state index in [-0.39, 0.29) is 5.91 Å². The number of piperazine rings is 1. The van der Waals surface area contributed by atoms with Crippen molar-refractivity contribution in [3.63, 3.8) is 0 Å². The van der Waals surface area contributed by atoms with Crippen LogP contribution in [0.2, 0.25) is 0 Å². The summed E-state index contributed by atoms with van der Waals surface area (Å²) in [5, 5.41) is 4.96. The van der Waals surface area contributed by atoms with Gasteiger partial charge in [0.25, 0.3) is 0 Å². The van der Waals surface area contributed by atoms with Crippen molar-refractivity contribution in [2.45, 2.75) is 39.2 Å². The highest BCUT2D eigenvalue weighted by Gasteiger charge is 2.22. The maximum absolute atomic E-state index is 12.8. The Bertz CT molecular complexity index is 1340. The number of nitrogens with zero attached hydrogens (tertiary/aromatic N) is 6. The first-order valence-corrected chi connectivity index (χ1v) is 12.4. The summed E-state index contributed by atoms with van der Waals surface area (Å²) in [7, 11) is 0. The summed E-state index contributed by atoms with van der Waals surface area (Å²) in [5.74, 6) is 2.81. The largest absolute Gasteiger partial charge is 0.383 e. The van der Waals surface area contributed by atoms with Crippen molar-refractivity contribution < 1.29 is 9.32 Å². The fraction of sp³-hybridized carbons (Fsp3) is 0.370. The van der Waals surface area contributed by atoms with E-state index in [2.05, 4.69) is 51.0 Å². The molecule has 186 valence electrons. The van der Waals surface area contributed by atoms with E-state index in [0.717, 1.165) is 29.6 Å². The molecule has 0 saturated carbocycles. The van der Waals surface area contributed by atoms with E-state index < -0.39 is 0 Å². The molecule has 5 rings (SSSR count). The van der Waals surface area contributed by atoms with Crippen molar-refractivity contribution in [1.82, 2.24) is 29.9 Å². The van der Waals surface area contributed by atoms with Gasteiger partial charge in [-0.25, -0.2) is 9.97 Å². The molecule has 1 saturated heterocycles. The van der Waals surface area contributed by atoms with Crippen molar-refractivity contribution in [2.24, 2.45) is 0 Å². The number of rotatable bonds is 7. The predicted molar refractivity (Wildman–Crippen MR) is 138 cm³/mol. The SMILES string of the molecule is CC(C)c1ccc(-c2noc(CCC(=O)N3CCN(Cc4nc(N)c5ccccc5n4)CC3)n2)cc1. The summed E-state index contributed by atoms with van der Waals surface area (Å²) in [5.41, 5.74) is 9.15. The molecule has 0 radical (unpaired) electrons. The van der Waals surface area contributed by atoms with E-state index >= 15 is 0 Å². The van der Waals surface area contributed by atoms with Gasteiger partial charge in [-0.15, -0.1) is 0 Å². The molecule has 3 heterocycles. The third kappa shape index (κ3) is 5.36. The van der Waals surface area contributed by atoms with Crippen molar-refractivity contribution in [3.05, 3.63) is 65.8 Å². The van der Waals surface area contributed by atoms with Gasteiger partial charge in [0.05, 0.1) is 12.1 Å². The minimum absolute atomic E-state index is 0.0990. The molecule has 2 aromatic heterocycles. The molecule has 9 heteroatoms. The van der Waals surface area contributed by atoms with Crippen molar-refractivity contribution in [3.8, 4) is 11.4 Å². The monoisotopic (exact) mass is 485 g/mol. The fourth-order valence-electron chi connectivity index (χ4n) is 4.44. The van der Waals surface area contributed by atoms with Crippen LogP contribution in [-0.4, -0.2) is 62.0 Å². The molecule has 9 nitrogen and oxygen atoms in total. The number of aryl methyl sites for hydroxylation is 1. The average molecular weight is 486 g/mol.